The minimum atomic E-state index is -0.152. The van der Waals surface area contributed by atoms with Gasteiger partial charge in [0.05, 0.1) is 32.0 Å². The van der Waals surface area contributed by atoms with E-state index in [1.54, 1.807) is 7.11 Å². The van der Waals surface area contributed by atoms with Gasteiger partial charge in [0, 0.05) is 18.9 Å². The highest BCUT2D eigenvalue weighted by molar-refractivity contribution is 5.23. The van der Waals surface area contributed by atoms with Gasteiger partial charge in [0.2, 0.25) is 0 Å². The summed E-state index contributed by atoms with van der Waals surface area (Å²) >= 11 is 0. The molecule has 2 rings (SSSR count). The first-order valence-corrected chi connectivity index (χ1v) is 7.77. The van der Waals surface area contributed by atoms with Crippen molar-refractivity contribution >= 4 is 0 Å². The molecule has 1 aliphatic heterocycles. The second-order valence-corrected chi connectivity index (χ2v) is 6.82. The van der Waals surface area contributed by atoms with Crippen LogP contribution in [-0.4, -0.2) is 32.5 Å². The first-order valence-electron chi connectivity index (χ1n) is 7.77. The van der Waals surface area contributed by atoms with E-state index < -0.39 is 0 Å². The molecule has 1 aliphatic rings. The van der Waals surface area contributed by atoms with Gasteiger partial charge in [0.25, 0.3) is 0 Å². The predicted octanol–water partition coefficient (Wildman–Crippen LogP) is 3.60. The minimum Gasteiger partial charge on any atom is -0.380 e. The number of ether oxygens (including phenoxy) is 3. The lowest BCUT2D eigenvalue weighted by atomic mass is 9.84. The third-order valence-electron chi connectivity index (χ3n) is 4.30. The summed E-state index contributed by atoms with van der Waals surface area (Å²) in [4.78, 5) is 0. The Morgan fingerprint density at radius 3 is 2.24 bits per heavy atom. The summed E-state index contributed by atoms with van der Waals surface area (Å²) in [6.07, 6.45) is 2.04. The van der Waals surface area contributed by atoms with E-state index in [0.717, 1.165) is 32.7 Å². The molecule has 0 spiro atoms. The molecule has 0 amide bonds. The van der Waals surface area contributed by atoms with Crippen molar-refractivity contribution in [3.05, 3.63) is 35.4 Å². The first-order chi connectivity index (χ1) is 9.99. The Morgan fingerprint density at radius 2 is 1.76 bits per heavy atom. The van der Waals surface area contributed by atoms with Crippen LogP contribution in [0, 0.1) is 5.41 Å². The Labute approximate surface area is 128 Å². The number of methoxy groups -OCH3 is 1. The molecule has 1 heterocycles. The molecular formula is C18H28O3. The van der Waals surface area contributed by atoms with Gasteiger partial charge in [-0.15, -0.1) is 0 Å². The second-order valence-electron chi connectivity index (χ2n) is 6.82. The van der Waals surface area contributed by atoms with Crippen molar-refractivity contribution in [3.8, 4) is 0 Å². The zero-order valence-corrected chi connectivity index (χ0v) is 13.8. The van der Waals surface area contributed by atoms with Crippen LogP contribution < -0.4 is 0 Å². The summed E-state index contributed by atoms with van der Waals surface area (Å²) in [5.41, 5.74) is 2.60. The molecule has 1 saturated heterocycles. The quantitative estimate of drug-likeness (QED) is 0.733. The van der Waals surface area contributed by atoms with E-state index in [2.05, 4.69) is 45.0 Å². The normalized spacial score (nSPS) is 17.5. The molecule has 118 valence electrons. The topological polar surface area (TPSA) is 27.7 Å². The average Bonchev–Trinajstić information content (AvgIpc) is 2.40. The van der Waals surface area contributed by atoms with Crippen molar-refractivity contribution < 1.29 is 14.2 Å². The summed E-state index contributed by atoms with van der Waals surface area (Å²) in [6.45, 7) is 9.68. The standard InChI is InChI=1S/C18H28O3/c1-5-18(12-20-13-18)14-21-17(2,3)10-15-6-8-16(9-7-15)11-19-4/h6-9H,5,10-14H2,1-4H3. The molecule has 0 radical (unpaired) electrons. The van der Waals surface area contributed by atoms with E-state index in [1.165, 1.54) is 11.1 Å². The zero-order valence-electron chi connectivity index (χ0n) is 13.8. The minimum absolute atomic E-state index is 0.152. The molecule has 0 unspecified atom stereocenters. The Balaban J connectivity index is 1.87. The maximum Gasteiger partial charge on any atom is 0.0713 e. The Kier molecular flexibility index (Phi) is 5.42. The molecule has 3 nitrogen and oxygen atoms in total. The van der Waals surface area contributed by atoms with Crippen LogP contribution >= 0.6 is 0 Å². The lowest BCUT2D eigenvalue weighted by Gasteiger charge is -2.42. The van der Waals surface area contributed by atoms with Gasteiger partial charge in [-0.3, -0.25) is 0 Å². The second kappa shape index (κ2) is 6.91. The van der Waals surface area contributed by atoms with Gasteiger partial charge in [-0.05, 0) is 31.4 Å². The Morgan fingerprint density at radius 1 is 1.14 bits per heavy atom. The number of hydrogen-bond acceptors (Lipinski definition) is 3. The van der Waals surface area contributed by atoms with Gasteiger partial charge in [-0.2, -0.15) is 0 Å². The lowest BCUT2D eigenvalue weighted by Crippen LogP contribution is -2.47. The van der Waals surface area contributed by atoms with E-state index >= 15 is 0 Å². The van der Waals surface area contributed by atoms with Gasteiger partial charge in [-0.1, -0.05) is 31.2 Å². The number of benzene rings is 1. The monoisotopic (exact) mass is 292 g/mol. The van der Waals surface area contributed by atoms with Crippen LogP contribution in [0.2, 0.25) is 0 Å². The van der Waals surface area contributed by atoms with Crippen LogP contribution in [0.25, 0.3) is 0 Å². The number of hydrogen-bond donors (Lipinski definition) is 0. The Hall–Kier alpha value is -0.900. The van der Waals surface area contributed by atoms with Crippen molar-refractivity contribution in [2.45, 2.75) is 45.8 Å². The molecule has 0 aliphatic carbocycles. The highest BCUT2D eigenvalue weighted by atomic mass is 16.5. The van der Waals surface area contributed by atoms with Gasteiger partial charge >= 0.3 is 0 Å². The molecule has 1 fully saturated rings. The number of rotatable bonds is 8. The summed E-state index contributed by atoms with van der Waals surface area (Å²) in [7, 11) is 1.72. The van der Waals surface area contributed by atoms with E-state index in [4.69, 9.17) is 14.2 Å². The van der Waals surface area contributed by atoms with E-state index in [1.807, 2.05) is 0 Å². The summed E-state index contributed by atoms with van der Waals surface area (Å²) < 4.78 is 16.7. The molecule has 1 aromatic carbocycles. The molecule has 0 N–H and O–H groups in total. The van der Waals surface area contributed by atoms with Crippen LogP contribution in [0.1, 0.15) is 38.3 Å². The molecule has 21 heavy (non-hydrogen) atoms. The zero-order chi connectivity index (χ0) is 15.3. The van der Waals surface area contributed by atoms with Crippen molar-refractivity contribution in [2.75, 3.05) is 26.9 Å². The largest absolute Gasteiger partial charge is 0.380 e. The molecule has 0 bridgehead atoms. The molecular weight excluding hydrogens is 264 g/mol. The van der Waals surface area contributed by atoms with Crippen LogP contribution in [0.15, 0.2) is 24.3 Å². The van der Waals surface area contributed by atoms with Gasteiger partial charge < -0.3 is 14.2 Å². The van der Waals surface area contributed by atoms with Crippen molar-refractivity contribution in [1.82, 2.24) is 0 Å². The molecule has 0 saturated carbocycles. The summed E-state index contributed by atoms with van der Waals surface area (Å²) in [5, 5.41) is 0. The van der Waals surface area contributed by atoms with Gasteiger partial charge in [0.15, 0.2) is 0 Å². The third kappa shape index (κ3) is 4.53. The van der Waals surface area contributed by atoms with Gasteiger partial charge in [-0.25, -0.2) is 0 Å². The van der Waals surface area contributed by atoms with Crippen LogP contribution in [0.3, 0.4) is 0 Å². The maximum atomic E-state index is 6.20. The van der Waals surface area contributed by atoms with Crippen molar-refractivity contribution in [2.24, 2.45) is 5.41 Å². The third-order valence-corrected chi connectivity index (χ3v) is 4.30. The molecule has 3 heteroatoms. The van der Waals surface area contributed by atoms with E-state index in [-0.39, 0.29) is 11.0 Å². The highest BCUT2D eigenvalue weighted by Gasteiger charge is 2.38. The lowest BCUT2D eigenvalue weighted by molar-refractivity contribution is -0.174. The molecule has 0 atom stereocenters. The SMILES string of the molecule is CCC1(COC(C)(C)Cc2ccc(COC)cc2)COC1. The van der Waals surface area contributed by atoms with Crippen LogP contribution in [-0.2, 0) is 27.2 Å². The summed E-state index contributed by atoms with van der Waals surface area (Å²) in [6, 6.07) is 8.59. The van der Waals surface area contributed by atoms with E-state index in [9.17, 15) is 0 Å². The molecule has 0 aromatic heterocycles. The smallest absolute Gasteiger partial charge is 0.0713 e. The summed E-state index contributed by atoms with van der Waals surface area (Å²) in [5.74, 6) is 0. The predicted molar refractivity (Wildman–Crippen MR) is 84.4 cm³/mol. The van der Waals surface area contributed by atoms with E-state index in [0.29, 0.717) is 6.61 Å². The Bertz CT molecular complexity index is 427. The fraction of sp³-hybridized carbons (Fsp3) is 0.667. The maximum absolute atomic E-state index is 6.20. The fourth-order valence-corrected chi connectivity index (χ4v) is 2.59. The van der Waals surface area contributed by atoms with Crippen LogP contribution in [0.5, 0.6) is 0 Å². The fourth-order valence-electron chi connectivity index (χ4n) is 2.59. The first kappa shape index (κ1) is 16.5. The highest BCUT2D eigenvalue weighted by Crippen LogP contribution is 2.33. The van der Waals surface area contributed by atoms with Crippen molar-refractivity contribution in [3.63, 3.8) is 0 Å². The van der Waals surface area contributed by atoms with Crippen LogP contribution in [0.4, 0.5) is 0 Å². The van der Waals surface area contributed by atoms with Gasteiger partial charge in [0.1, 0.15) is 0 Å². The van der Waals surface area contributed by atoms with Crippen molar-refractivity contribution in [1.29, 1.82) is 0 Å². The molecule has 1 aromatic rings. The average molecular weight is 292 g/mol.